The van der Waals surface area contributed by atoms with Gasteiger partial charge in [0.05, 0.1) is 12.0 Å². The zero-order valence-electron chi connectivity index (χ0n) is 17.5. The molecule has 0 amide bonds. The molecule has 0 aliphatic rings. The van der Waals surface area contributed by atoms with Crippen LogP contribution in [0.4, 0.5) is 0 Å². The standard InChI is InChI=1S/C23H37NO4S/c1-2-3-4-5-6-7-8-9-10-11-12-13-14-15-16-17-18-19-22(25)28-29-21-20-24-23(26)27/h3-4,6-7,9-10,12-13,15-16,23-24,26-27H,2,5,8,11,14,17-21H2,1H3. The quantitative estimate of drug-likeness (QED) is 0.125. The van der Waals surface area contributed by atoms with Crippen LogP contribution in [0.15, 0.2) is 60.8 Å². The SMILES string of the molecule is CCC=CCC=CCC=CCC=CCC=CCCCC(=O)OSCCNC(O)O. The van der Waals surface area contributed by atoms with Crippen molar-refractivity contribution < 1.29 is 19.2 Å². The van der Waals surface area contributed by atoms with Crippen molar-refractivity contribution in [3.8, 4) is 0 Å². The number of aliphatic hydroxyl groups is 2. The summed E-state index contributed by atoms with van der Waals surface area (Å²) in [6.07, 6.45) is 27.1. The molecule has 0 fully saturated rings. The van der Waals surface area contributed by atoms with Crippen LogP contribution in [0.25, 0.3) is 0 Å². The third-order valence-electron chi connectivity index (χ3n) is 3.57. The highest BCUT2D eigenvalue weighted by Gasteiger charge is 2.03. The highest BCUT2D eigenvalue weighted by atomic mass is 32.2. The van der Waals surface area contributed by atoms with E-state index in [1.165, 1.54) is 0 Å². The van der Waals surface area contributed by atoms with Gasteiger partial charge in [-0.15, -0.1) is 0 Å². The van der Waals surface area contributed by atoms with Gasteiger partial charge in [0, 0.05) is 18.7 Å². The molecule has 0 radical (unpaired) electrons. The molecule has 0 aromatic heterocycles. The molecule has 6 heteroatoms. The summed E-state index contributed by atoms with van der Waals surface area (Å²) in [5.41, 5.74) is 0. The maximum Gasteiger partial charge on any atom is 0.317 e. The second-order valence-corrected chi connectivity index (χ2v) is 7.02. The van der Waals surface area contributed by atoms with Gasteiger partial charge < -0.3 is 14.4 Å². The summed E-state index contributed by atoms with van der Waals surface area (Å²) in [5, 5.41) is 19.6. The van der Waals surface area contributed by atoms with E-state index in [2.05, 4.69) is 73.0 Å². The molecule has 0 saturated heterocycles. The van der Waals surface area contributed by atoms with E-state index >= 15 is 0 Å². The molecule has 0 rings (SSSR count). The average Bonchev–Trinajstić information content (AvgIpc) is 2.69. The summed E-state index contributed by atoms with van der Waals surface area (Å²) in [5.74, 6) is 0.227. The van der Waals surface area contributed by atoms with E-state index < -0.39 is 6.41 Å². The van der Waals surface area contributed by atoms with E-state index in [1.54, 1.807) is 0 Å². The third-order valence-corrected chi connectivity index (χ3v) is 4.25. The van der Waals surface area contributed by atoms with Gasteiger partial charge in [0.25, 0.3) is 0 Å². The molecular formula is C23H37NO4S. The van der Waals surface area contributed by atoms with Crippen molar-refractivity contribution >= 4 is 18.0 Å². The monoisotopic (exact) mass is 423 g/mol. The molecular weight excluding hydrogens is 386 g/mol. The molecule has 0 aliphatic carbocycles. The first-order valence-electron chi connectivity index (χ1n) is 10.3. The highest BCUT2D eigenvalue weighted by Crippen LogP contribution is 2.07. The van der Waals surface area contributed by atoms with Crippen LogP contribution in [0, 0.1) is 0 Å². The third kappa shape index (κ3) is 24.4. The Morgan fingerprint density at radius 1 is 0.897 bits per heavy atom. The lowest BCUT2D eigenvalue weighted by Crippen LogP contribution is -2.30. The number of hydrogen-bond acceptors (Lipinski definition) is 6. The van der Waals surface area contributed by atoms with Crippen molar-refractivity contribution in [3.63, 3.8) is 0 Å². The minimum absolute atomic E-state index is 0.244. The Kier molecular flexibility index (Phi) is 21.4. The van der Waals surface area contributed by atoms with Gasteiger partial charge in [-0.2, -0.15) is 0 Å². The molecule has 0 bridgehead atoms. The van der Waals surface area contributed by atoms with Crippen LogP contribution in [-0.2, 0) is 8.98 Å². The van der Waals surface area contributed by atoms with Crippen LogP contribution in [-0.4, -0.2) is 34.9 Å². The van der Waals surface area contributed by atoms with Crippen molar-refractivity contribution in [2.24, 2.45) is 0 Å². The molecule has 0 spiro atoms. The van der Waals surface area contributed by atoms with E-state index in [1.807, 2.05) is 0 Å². The van der Waals surface area contributed by atoms with Crippen LogP contribution in [0.3, 0.4) is 0 Å². The smallest absolute Gasteiger partial charge is 0.317 e. The van der Waals surface area contributed by atoms with Crippen molar-refractivity contribution in [3.05, 3.63) is 60.8 Å². The number of aliphatic hydroxyl groups excluding tert-OH is 1. The molecule has 0 atom stereocenters. The summed E-state index contributed by atoms with van der Waals surface area (Å²) in [6.45, 7) is 2.50. The van der Waals surface area contributed by atoms with Gasteiger partial charge in [0.2, 0.25) is 6.41 Å². The number of carbonyl (C=O) groups is 1. The summed E-state index contributed by atoms with van der Waals surface area (Å²) < 4.78 is 4.98. The predicted molar refractivity (Wildman–Crippen MR) is 123 cm³/mol. The number of nitrogens with one attached hydrogen (secondary N) is 1. The molecule has 0 saturated carbocycles. The minimum Gasteiger partial charge on any atom is -0.391 e. The van der Waals surface area contributed by atoms with Crippen molar-refractivity contribution in [2.75, 3.05) is 12.3 Å². The van der Waals surface area contributed by atoms with Crippen LogP contribution in [0.5, 0.6) is 0 Å². The van der Waals surface area contributed by atoms with Crippen molar-refractivity contribution in [1.82, 2.24) is 5.32 Å². The number of carbonyl (C=O) groups excluding carboxylic acids is 1. The lowest BCUT2D eigenvalue weighted by molar-refractivity contribution is -0.133. The Hall–Kier alpha value is -1.60. The van der Waals surface area contributed by atoms with E-state index in [0.29, 0.717) is 18.7 Å². The largest absolute Gasteiger partial charge is 0.391 e. The molecule has 164 valence electrons. The first-order chi connectivity index (χ1) is 14.2. The average molecular weight is 424 g/mol. The number of allylic oxidation sites excluding steroid dienone is 10. The van der Waals surface area contributed by atoms with Gasteiger partial charge in [-0.1, -0.05) is 67.7 Å². The van der Waals surface area contributed by atoms with Gasteiger partial charge in [0.15, 0.2) is 0 Å². The van der Waals surface area contributed by atoms with Crippen LogP contribution in [0.1, 0.15) is 58.3 Å². The predicted octanol–water partition coefficient (Wildman–Crippen LogP) is 4.96. The number of unbranched alkanes of at least 4 members (excludes halogenated alkanes) is 1. The first-order valence-corrected chi connectivity index (χ1v) is 11.2. The van der Waals surface area contributed by atoms with E-state index in [0.717, 1.165) is 57.0 Å². The fourth-order valence-electron chi connectivity index (χ4n) is 2.11. The lowest BCUT2D eigenvalue weighted by atomic mass is 10.2. The molecule has 0 aromatic rings. The number of rotatable bonds is 18. The normalized spacial score (nSPS) is 12.7. The Balaban J connectivity index is 3.49. The molecule has 5 nitrogen and oxygen atoms in total. The maximum atomic E-state index is 11.5. The summed E-state index contributed by atoms with van der Waals surface area (Å²) in [6, 6.07) is 0. The fourth-order valence-corrected chi connectivity index (χ4v) is 2.61. The molecule has 3 N–H and O–H groups in total. The fraction of sp³-hybridized carbons (Fsp3) is 0.522. The summed E-state index contributed by atoms with van der Waals surface area (Å²) >= 11 is 1.02. The Bertz CT molecular complexity index is 525. The molecule has 0 aromatic carbocycles. The second-order valence-electron chi connectivity index (χ2n) is 6.21. The van der Waals surface area contributed by atoms with E-state index in [9.17, 15) is 4.79 Å². The van der Waals surface area contributed by atoms with Crippen LogP contribution < -0.4 is 5.32 Å². The molecule has 29 heavy (non-hydrogen) atoms. The minimum atomic E-state index is -1.53. The Labute approximate surface area is 180 Å². The zero-order chi connectivity index (χ0) is 21.4. The topological polar surface area (TPSA) is 78.8 Å². The number of hydrogen-bond donors (Lipinski definition) is 3. The Morgan fingerprint density at radius 2 is 1.41 bits per heavy atom. The van der Waals surface area contributed by atoms with Gasteiger partial charge >= 0.3 is 5.97 Å². The van der Waals surface area contributed by atoms with Gasteiger partial charge in [-0.05, 0) is 44.9 Å². The molecule has 0 unspecified atom stereocenters. The summed E-state index contributed by atoms with van der Waals surface area (Å²) in [7, 11) is 0. The Morgan fingerprint density at radius 3 is 1.93 bits per heavy atom. The highest BCUT2D eigenvalue weighted by molar-refractivity contribution is 7.95. The summed E-state index contributed by atoms with van der Waals surface area (Å²) in [4.78, 5) is 11.5. The van der Waals surface area contributed by atoms with E-state index in [-0.39, 0.29) is 5.97 Å². The molecule has 0 aliphatic heterocycles. The maximum absolute atomic E-state index is 11.5. The second kappa shape index (κ2) is 22.7. The van der Waals surface area contributed by atoms with Crippen molar-refractivity contribution in [2.45, 2.75) is 64.7 Å². The van der Waals surface area contributed by atoms with E-state index in [4.69, 9.17) is 14.4 Å². The first kappa shape index (κ1) is 27.4. The van der Waals surface area contributed by atoms with Gasteiger partial charge in [-0.25, -0.2) is 0 Å². The molecule has 0 heterocycles. The lowest BCUT2D eigenvalue weighted by Gasteiger charge is -2.05. The van der Waals surface area contributed by atoms with Crippen molar-refractivity contribution in [1.29, 1.82) is 0 Å². The van der Waals surface area contributed by atoms with Crippen LogP contribution >= 0.6 is 12.0 Å². The zero-order valence-corrected chi connectivity index (χ0v) is 18.4. The van der Waals surface area contributed by atoms with Gasteiger partial charge in [0.1, 0.15) is 0 Å². The van der Waals surface area contributed by atoms with Gasteiger partial charge in [-0.3, -0.25) is 10.1 Å². The van der Waals surface area contributed by atoms with Crippen LogP contribution in [0.2, 0.25) is 0 Å².